The van der Waals surface area contributed by atoms with E-state index in [1.807, 2.05) is 50.2 Å². The van der Waals surface area contributed by atoms with E-state index in [2.05, 4.69) is 15.9 Å². The van der Waals surface area contributed by atoms with Crippen LogP contribution in [0.1, 0.15) is 27.0 Å². The van der Waals surface area contributed by atoms with Gasteiger partial charge in [-0.25, -0.2) is 0 Å². The Morgan fingerprint density at radius 3 is 2.50 bits per heavy atom. The minimum atomic E-state index is 0.0956. The van der Waals surface area contributed by atoms with Crippen molar-refractivity contribution >= 4 is 21.7 Å². The Balaban J connectivity index is 2.29. The molecule has 0 atom stereocenters. The molecule has 2 rings (SSSR count). The third kappa shape index (κ3) is 3.48. The first-order valence-electron chi connectivity index (χ1n) is 6.43. The number of methoxy groups -OCH3 is 1. The fourth-order valence-electron chi connectivity index (χ4n) is 2.22. The summed E-state index contributed by atoms with van der Waals surface area (Å²) in [6.07, 6.45) is 0.348. The van der Waals surface area contributed by atoms with Crippen LogP contribution in [0.3, 0.4) is 0 Å². The Hall–Kier alpha value is -1.61. The number of hydrogen-bond acceptors (Lipinski definition) is 2. The predicted molar refractivity (Wildman–Crippen MR) is 84.6 cm³/mol. The second kappa shape index (κ2) is 6.23. The van der Waals surface area contributed by atoms with Crippen LogP contribution in [0.15, 0.2) is 40.9 Å². The highest BCUT2D eigenvalue weighted by atomic mass is 79.9. The Labute approximate surface area is 127 Å². The largest absolute Gasteiger partial charge is 0.496 e. The highest BCUT2D eigenvalue weighted by Crippen LogP contribution is 2.23. The molecule has 0 saturated carbocycles. The molecule has 0 bridgehead atoms. The first-order valence-corrected chi connectivity index (χ1v) is 7.23. The molecule has 2 aromatic carbocycles. The van der Waals surface area contributed by atoms with E-state index < -0.39 is 0 Å². The number of hydrogen-bond donors (Lipinski definition) is 0. The van der Waals surface area contributed by atoms with E-state index in [0.29, 0.717) is 6.42 Å². The Morgan fingerprint density at radius 1 is 1.10 bits per heavy atom. The zero-order valence-electron chi connectivity index (χ0n) is 11.9. The van der Waals surface area contributed by atoms with Gasteiger partial charge in [0.1, 0.15) is 5.75 Å². The molecular formula is C17H17BrO2. The molecule has 2 aromatic rings. The monoisotopic (exact) mass is 332 g/mol. The average Bonchev–Trinajstić information content (AvgIpc) is 2.37. The van der Waals surface area contributed by atoms with Crippen molar-refractivity contribution < 1.29 is 9.53 Å². The van der Waals surface area contributed by atoms with Gasteiger partial charge < -0.3 is 4.74 Å². The number of ether oxygens (including phenoxy) is 1. The SMILES string of the molecule is COc1ccc(C)cc1CC(=O)c1cc(C)cc(Br)c1. The molecule has 0 aliphatic heterocycles. The van der Waals surface area contributed by atoms with Gasteiger partial charge in [0, 0.05) is 22.0 Å². The number of carbonyl (C=O) groups is 1. The number of ketones is 1. The minimum Gasteiger partial charge on any atom is -0.496 e. The summed E-state index contributed by atoms with van der Waals surface area (Å²) in [6.45, 7) is 3.99. The Kier molecular flexibility index (Phi) is 4.61. The van der Waals surface area contributed by atoms with Gasteiger partial charge >= 0.3 is 0 Å². The molecule has 0 aliphatic rings. The van der Waals surface area contributed by atoms with Gasteiger partial charge in [0.05, 0.1) is 7.11 Å². The molecule has 3 heteroatoms. The molecule has 2 nitrogen and oxygen atoms in total. The summed E-state index contributed by atoms with van der Waals surface area (Å²) in [5.41, 5.74) is 3.84. The topological polar surface area (TPSA) is 26.3 Å². The van der Waals surface area contributed by atoms with Gasteiger partial charge in [-0.3, -0.25) is 4.79 Å². The van der Waals surface area contributed by atoms with Crippen LogP contribution in [0.2, 0.25) is 0 Å². The Morgan fingerprint density at radius 2 is 1.85 bits per heavy atom. The van der Waals surface area contributed by atoms with Crippen LogP contribution >= 0.6 is 15.9 Å². The van der Waals surface area contributed by atoms with Crippen LogP contribution < -0.4 is 4.74 Å². The van der Waals surface area contributed by atoms with Crippen molar-refractivity contribution in [2.75, 3.05) is 7.11 Å². The van der Waals surface area contributed by atoms with Crippen molar-refractivity contribution in [2.45, 2.75) is 20.3 Å². The van der Waals surface area contributed by atoms with E-state index in [-0.39, 0.29) is 5.78 Å². The second-order valence-corrected chi connectivity index (χ2v) is 5.85. The average molecular weight is 333 g/mol. The van der Waals surface area contributed by atoms with Gasteiger partial charge in [0.25, 0.3) is 0 Å². The normalized spacial score (nSPS) is 10.4. The molecule has 0 amide bonds. The molecule has 20 heavy (non-hydrogen) atoms. The van der Waals surface area contributed by atoms with Crippen molar-refractivity contribution in [3.05, 3.63) is 63.1 Å². The third-order valence-electron chi connectivity index (χ3n) is 3.15. The summed E-state index contributed by atoms with van der Waals surface area (Å²) in [5, 5.41) is 0. The molecule has 0 saturated heterocycles. The molecule has 0 heterocycles. The van der Waals surface area contributed by atoms with E-state index in [0.717, 1.165) is 32.5 Å². The standard InChI is InChI=1S/C17H17BrO2/c1-11-4-5-17(20-3)14(6-11)10-16(19)13-7-12(2)8-15(18)9-13/h4-9H,10H2,1-3H3. The minimum absolute atomic E-state index is 0.0956. The molecule has 104 valence electrons. The van der Waals surface area contributed by atoms with Crippen LogP contribution in [-0.4, -0.2) is 12.9 Å². The summed E-state index contributed by atoms with van der Waals surface area (Å²) in [5.74, 6) is 0.856. The molecule has 0 N–H and O–H groups in total. The highest BCUT2D eigenvalue weighted by molar-refractivity contribution is 9.10. The van der Waals surface area contributed by atoms with E-state index in [9.17, 15) is 4.79 Å². The lowest BCUT2D eigenvalue weighted by Crippen LogP contribution is -2.05. The molecule has 0 aliphatic carbocycles. The number of carbonyl (C=O) groups excluding carboxylic acids is 1. The number of halogens is 1. The quantitative estimate of drug-likeness (QED) is 0.770. The predicted octanol–water partition coefficient (Wildman–Crippen LogP) is 4.50. The van der Waals surface area contributed by atoms with E-state index in [1.165, 1.54) is 0 Å². The molecule has 0 radical (unpaired) electrons. The Bertz CT molecular complexity index is 627. The lowest BCUT2D eigenvalue weighted by Gasteiger charge is -2.09. The summed E-state index contributed by atoms with van der Waals surface area (Å²) in [4.78, 5) is 12.4. The number of benzene rings is 2. The maximum absolute atomic E-state index is 12.4. The highest BCUT2D eigenvalue weighted by Gasteiger charge is 2.12. The number of aryl methyl sites for hydroxylation is 2. The van der Waals surface area contributed by atoms with Gasteiger partial charge in [-0.05, 0) is 43.7 Å². The van der Waals surface area contributed by atoms with Crippen molar-refractivity contribution in [2.24, 2.45) is 0 Å². The van der Waals surface area contributed by atoms with E-state index in [4.69, 9.17) is 4.74 Å². The van der Waals surface area contributed by atoms with Crippen molar-refractivity contribution in [1.29, 1.82) is 0 Å². The van der Waals surface area contributed by atoms with Crippen molar-refractivity contribution in [1.82, 2.24) is 0 Å². The van der Waals surface area contributed by atoms with Gasteiger partial charge in [0.15, 0.2) is 5.78 Å². The van der Waals surface area contributed by atoms with Crippen molar-refractivity contribution in [3.63, 3.8) is 0 Å². The third-order valence-corrected chi connectivity index (χ3v) is 3.61. The number of rotatable bonds is 4. The summed E-state index contributed by atoms with van der Waals surface area (Å²) >= 11 is 3.43. The second-order valence-electron chi connectivity index (χ2n) is 4.93. The van der Waals surface area contributed by atoms with Crippen LogP contribution in [0, 0.1) is 13.8 Å². The maximum Gasteiger partial charge on any atom is 0.167 e. The maximum atomic E-state index is 12.4. The fraction of sp³-hybridized carbons (Fsp3) is 0.235. The lowest BCUT2D eigenvalue weighted by atomic mass is 10.00. The molecular weight excluding hydrogens is 316 g/mol. The fourth-order valence-corrected chi connectivity index (χ4v) is 2.83. The van der Waals surface area contributed by atoms with Crippen LogP contribution in [-0.2, 0) is 6.42 Å². The van der Waals surface area contributed by atoms with Gasteiger partial charge in [-0.1, -0.05) is 33.6 Å². The van der Waals surface area contributed by atoms with Gasteiger partial charge in [0.2, 0.25) is 0 Å². The zero-order chi connectivity index (χ0) is 14.7. The summed E-state index contributed by atoms with van der Waals surface area (Å²) < 4.78 is 6.25. The van der Waals surface area contributed by atoms with Crippen LogP contribution in [0.4, 0.5) is 0 Å². The first kappa shape index (κ1) is 14.8. The molecule has 0 unspecified atom stereocenters. The van der Waals surface area contributed by atoms with Gasteiger partial charge in [-0.15, -0.1) is 0 Å². The van der Waals surface area contributed by atoms with Crippen LogP contribution in [0.25, 0.3) is 0 Å². The summed E-state index contributed by atoms with van der Waals surface area (Å²) in [6, 6.07) is 11.7. The van der Waals surface area contributed by atoms with E-state index >= 15 is 0 Å². The van der Waals surface area contributed by atoms with Gasteiger partial charge in [-0.2, -0.15) is 0 Å². The van der Waals surface area contributed by atoms with Crippen LogP contribution in [0.5, 0.6) is 5.75 Å². The molecule has 0 aromatic heterocycles. The molecule has 0 fully saturated rings. The number of Topliss-reactive ketones (excluding diaryl/α,β-unsaturated/α-hetero) is 1. The summed E-state index contributed by atoms with van der Waals surface area (Å²) in [7, 11) is 1.63. The first-order chi connectivity index (χ1) is 9.49. The zero-order valence-corrected chi connectivity index (χ0v) is 13.5. The molecule has 0 spiro atoms. The van der Waals surface area contributed by atoms with Crippen molar-refractivity contribution in [3.8, 4) is 5.75 Å². The van der Waals surface area contributed by atoms with E-state index in [1.54, 1.807) is 7.11 Å². The lowest BCUT2D eigenvalue weighted by molar-refractivity contribution is 0.0992. The smallest absolute Gasteiger partial charge is 0.167 e.